The van der Waals surface area contributed by atoms with Gasteiger partial charge in [0, 0.05) is 25.2 Å². The summed E-state index contributed by atoms with van der Waals surface area (Å²) in [4.78, 5) is 33.0. The van der Waals surface area contributed by atoms with E-state index in [1.807, 2.05) is 19.0 Å². The molecule has 0 saturated carbocycles. The molecular weight excluding hydrogens is 280 g/mol. The number of likely N-dealkylation sites (N-methyl/N-ethyl adjacent to an activating group) is 1. The highest BCUT2D eigenvalue weighted by Crippen LogP contribution is 2.00. The second kappa shape index (κ2) is 9.67. The van der Waals surface area contributed by atoms with Gasteiger partial charge in [-0.15, -0.1) is 0 Å². The molecule has 1 aromatic heterocycles. The third-order valence-electron chi connectivity index (χ3n) is 2.19. The summed E-state index contributed by atoms with van der Waals surface area (Å²) in [6, 6.07) is 2.43. The van der Waals surface area contributed by atoms with Crippen LogP contribution in [0.1, 0.15) is 16.3 Å². The summed E-state index contributed by atoms with van der Waals surface area (Å²) in [6.07, 6.45) is -0.666. The van der Waals surface area contributed by atoms with Crippen LogP contribution in [0.5, 0.6) is 0 Å². The largest absolute Gasteiger partial charge is 0.483 e. The normalized spacial score (nSPS) is 11.3. The van der Waals surface area contributed by atoms with Crippen molar-refractivity contribution in [2.24, 2.45) is 0 Å². The van der Waals surface area contributed by atoms with Gasteiger partial charge in [0.15, 0.2) is 11.2 Å². The van der Waals surface area contributed by atoms with Crippen LogP contribution in [-0.4, -0.2) is 60.8 Å². The summed E-state index contributed by atoms with van der Waals surface area (Å²) in [6.45, 7) is 1.89. The first kappa shape index (κ1) is 18.8. The zero-order valence-corrected chi connectivity index (χ0v) is 12.2. The molecule has 1 atom stereocenters. The van der Waals surface area contributed by atoms with Crippen molar-refractivity contribution in [3.63, 3.8) is 0 Å². The number of nitrogens with one attached hydrogen (secondary N) is 1. The van der Waals surface area contributed by atoms with Crippen LogP contribution < -0.4 is 10.7 Å². The van der Waals surface area contributed by atoms with Crippen molar-refractivity contribution in [1.82, 2.24) is 10.2 Å². The molecule has 0 saturated heterocycles. The molecule has 0 aliphatic rings. The molecule has 0 aromatic carbocycles. The molecule has 0 aliphatic heterocycles. The predicted molar refractivity (Wildman–Crippen MR) is 75.3 cm³/mol. The monoisotopic (exact) mass is 300 g/mol. The highest BCUT2D eigenvalue weighted by atomic mass is 16.4. The Morgan fingerprint density at radius 3 is 2.52 bits per heavy atom. The van der Waals surface area contributed by atoms with E-state index >= 15 is 0 Å². The highest BCUT2D eigenvalue weighted by Gasteiger charge is 2.12. The molecule has 1 aromatic rings. The van der Waals surface area contributed by atoms with E-state index in [2.05, 4.69) is 5.32 Å². The standard InChI is InChI=1S/C12H18N2O4.CH2O2/c1-8-4-9(15)5-11(18-8)12(17)13-6-10(16)7-14(2)3;2-1-3/h4-5,10,16H,6-7H2,1-3H3,(H,13,17);1H,(H,2,3). The van der Waals surface area contributed by atoms with Crippen LogP contribution in [0.2, 0.25) is 0 Å². The summed E-state index contributed by atoms with van der Waals surface area (Å²) >= 11 is 0. The maximum absolute atomic E-state index is 11.7. The van der Waals surface area contributed by atoms with E-state index in [4.69, 9.17) is 14.3 Å². The van der Waals surface area contributed by atoms with Crippen molar-refractivity contribution < 1.29 is 24.2 Å². The van der Waals surface area contributed by atoms with E-state index in [-0.39, 0.29) is 24.2 Å². The third kappa shape index (κ3) is 8.56. The first-order valence-corrected chi connectivity index (χ1v) is 6.10. The summed E-state index contributed by atoms with van der Waals surface area (Å²) in [7, 11) is 3.65. The first-order chi connectivity index (χ1) is 9.79. The summed E-state index contributed by atoms with van der Waals surface area (Å²) < 4.78 is 5.13. The van der Waals surface area contributed by atoms with E-state index in [1.165, 1.54) is 6.07 Å². The maximum Gasteiger partial charge on any atom is 0.290 e. The number of aliphatic hydroxyl groups is 1. The van der Waals surface area contributed by atoms with Crippen molar-refractivity contribution in [2.45, 2.75) is 13.0 Å². The van der Waals surface area contributed by atoms with Crippen molar-refractivity contribution in [2.75, 3.05) is 27.2 Å². The molecule has 8 heteroatoms. The van der Waals surface area contributed by atoms with E-state index in [9.17, 15) is 14.7 Å². The van der Waals surface area contributed by atoms with Crippen molar-refractivity contribution in [3.05, 3.63) is 33.9 Å². The van der Waals surface area contributed by atoms with Gasteiger partial charge in [-0.2, -0.15) is 0 Å². The average molecular weight is 300 g/mol. The molecule has 118 valence electrons. The quantitative estimate of drug-likeness (QED) is 0.615. The minimum Gasteiger partial charge on any atom is -0.483 e. The van der Waals surface area contributed by atoms with Crippen LogP contribution >= 0.6 is 0 Å². The molecule has 1 unspecified atom stereocenters. The molecular formula is C13H20N2O6. The summed E-state index contributed by atoms with van der Waals surface area (Å²) in [5.41, 5.74) is -0.280. The van der Waals surface area contributed by atoms with Crippen LogP contribution in [-0.2, 0) is 4.79 Å². The van der Waals surface area contributed by atoms with E-state index in [1.54, 1.807) is 6.92 Å². The Morgan fingerprint density at radius 1 is 1.48 bits per heavy atom. The Labute approximate surface area is 122 Å². The van der Waals surface area contributed by atoms with Gasteiger partial charge >= 0.3 is 0 Å². The Bertz CT molecular complexity index is 512. The van der Waals surface area contributed by atoms with E-state index in [0.29, 0.717) is 12.3 Å². The van der Waals surface area contributed by atoms with Gasteiger partial charge in [-0.05, 0) is 21.0 Å². The average Bonchev–Trinajstić information content (AvgIpc) is 2.35. The minimum atomic E-state index is -0.666. The van der Waals surface area contributed by atoms with Gasteiger partial charge in [-0.1, -0.05) is 0 Å². The predicted octanol–water partition coefficient (Wildman–Crippen LogP) is -0.699. The molecule has 0 spiro atoms. The zero-order chi connectivity index (χ0) is 16.4. The number of rotatable bonds is 5. The fourth-order valence-electron chi connectivity index (χ4n) is 1.50. The molecule has 3 N–H and O–H groups in total. The fraction of sp³-hybridized carbons (Fsp3) is 0.462. The fourth-order valence-corrected chi connectivity index (χ4v) is 1.50. The Balaban J connectivity index is 0.00000122. The lowest BCUT2D eigenvalue weighted by atomic mass is 10.3. The molecule has 8 nitrogen and oxygen atoms in total. The summed E-state index contributed by atoms with van der Waals surface area (Å²) in [5, 5.41) is 19.0. The Kier molecular flexibility index (Phi) is 8.66. The Hall–Kier alpha value is -2.19. The molecule has 21 heavy (non-hydrogen) atoms. The number of carbonyl (C=O) groups is 2. The van der Waals surface area contributed by atoms with E-state index in [0.717, 1.165) is 6.07 Å². The number of amides is 1. The smallest absolute Gasteiger partial charge is 0.290 e. The Morgan fingerprint density at radius 2 is 2.05 bits per heavy atom. The van der Waals surface area contributed by atoms with E-state index < -0.39 is 12.0 Å². The topological polar surface area (TPSA) is 120 Å². The van der Waals surface area contributed by atoms with Crippen LogP contribution in [0.25, 0.3) is 0 Å². The number of carboxylic acid groups (broad SMARTS) is 1. The van der Waals surface area contributed by atoms with Gasteiger partial charge in [0.1, 0.15) is 5.76 Å². The lowest BCUT2D eigenvalue weighted by Crippen LogP contribution is -2.37. The SMILES string of the molecule is Cc1cc(=O)cc(C(=O)NCC(O)CN(C)C)o1.O=CO. The number of aryl methyl sites for hydroxylation is 1. The van der Waals surface area contributed by atoms with Crippen molar-refractivity contribution in [1.29, 1.82) is 0 Å². The molecule has 1 amide bonds. The molecule has 0 bridgehead atoms. The lowest BCUT2D eigenvalue weighted by Gasteiger charge is -2.16. The molecule has 1 rings (SSSR count). The van der Waals surface area contributed by atoms with Crippen LogP contribution in [0, 0.1) is 6.92 Å². The van der Waals surface area contributed by atoms with Gasteiger partial charge in [-0.25, -0.2) is 0 Å². The maximum atomic E-state index is 11.7. The number of aliphatic hydroxyl groups excluding tert-OH is 1. The molecule has 1 heterocycles. The molecule has 0 aliphatic carbocycles. The van der Waals surface area contributed by atoms with Crippen LogP contribution in [0.15, 0.2) is 21.3 Å². The molecule has 0 radical (unpaired) electrons. The number of nitrogens with zero attached hydrogens (tertiary/aromatic N) is 1. The first-order valence-electron chi connectivity index (χ1n) is 6.10. The van der Waals surface area contributed by atoms with Crippen molar-refractivity contribution >= 4 is 12.4 Å². The number of carbonyl (C=O) groups excluding carboxylic acids is 1. The van der Waals surface area contributed by atoms with Crippen molar-refractivity contribution in [3.8, 4) is 0 Å². The summed E-state index contributed by atoms with van der Waals surface area (Å²) in [5.74, 6) is -0.174. The number of hydrogen-bond donors (Lipinski definition) is 3. The van der Waals surface area contributed by atoms with Crippen LogP contribution in [0.3, 0.4) is 0 Å². The third-order valence-corrected chi connectivity index (χ3v) is 2.19. The number of hydrogen-bond acceptors (Lipinski definition) is 6. The minimum absolute atomic E-state index is 0.0444. The molecule has 0 fully saturated rings. The lowest BCUT2D eigenvalue weighted by molar-refractivity contribution is -0.122. The van der Waals surface area contributed by atoms with Gasteiger partial charge in [0.2, 0.25) is 0 Å². The van der Waals surface area contributed by atoms with Gasteiger partial charge in [0.25, 0.3) is 12.4 Å². The highest BCUT2D eigenvalue weighted by molar-refractivity contribution is 5.91. The van der Waals surface area contributed by atoms with Gasteiger partial charge < -0.3 is 24.8 Å². The zero-order valence-electron chi connectivity index (χ0n) is 12.2. The second-order valence-corrected chi connectivity index (χ2v) is 4.50. The second-order valence-electron chi connectivity index (χ2n) is 4.50. The van der Waals surface area contributed by atoms with Crippen LogP contribution in [0.4, 0.5) is 0 Å². The van der Waals surface area contributed by atoms with Gasteiger partial charge in [0.05, 0.1) is 6.10 Å². The van der Waals surface area contributed by atoms with Gasteiger partial charge in [-0.3, -0.25) is 14.4 Å².